The Morgan fingerprint density at radius 2 is 1.62 bits per heavy atom. The van der Waals surface area contributed by atoms with E-state index in [0.717, 1.165) is 31.4 Å². The van der Waals surface area contributed by atoms with Crippen LogP contribution in [-0.4, -0.2) is 47.7 Å². The summed E-state index contributed by atoms with van der Waals surface area (Å²) in [6, 6.07) is 0. The summed E-state index contributed by atoms with van der Waals surface area (Å²) in [5.41, 5.74) is 1.97. The van der Waals surface area contributed by atoms with Crippen LogP contribution in [0, 0.1) is 5.92 Å². The molecule has 0 aromatic heterocycles. The van der Waals surface area contributed by atoms with Gasteiger partial charge in [0, 0.05) is 17.7 Å². The predicted molar refractivity (Wildman–Crippen MR) is 108 cm³/mol. The molecular weight excluding hydrogens is 330 g/mol. The van der Waals surface area contributed by atoms with Crippen LogP contribution in [0.5, 0.6) is 0 Å². The molecule has 0 aromatic carbocycles. The van der Waals surface area contributed by atoms with Gasteiger partial charge in [-0.2, -0.15) is 0 Å². The Kier molecular flexibility index (Phi) is 16.0. The number of carbonyl (C=O) groups is 2. The molecule has 5 nitrogen and oxygen atoms in total. The largest absolute Gasteiger partial charge is 0.478 e. The van der Waals surface area contributed by atoms with E-state index in [1.807, 2.05) is 25.9 Å². The third-order valence-corrected chi connectivity index (χ3v) is 4.46. The van der Waals surface area contributed by atoms with Gasteiger partial charge in [0.05, 0.1) is 0 Å². The van der Waals surface area contributed by atoms with Gasteiger partial charge in [-0.15, -0.1) is 0 Å². The smallest absolute Gasteiger partial charge is 0.331 e. The van der Waals surface area contributed by atoms with E-state index in [1.54, 1.807) is 19.9 Å². The molecule has 0 bridgehead atoms. The molecule has 0 aliphatic heterocycles. The lowest BCUT2D eigenvalue weighted by atomic mass is 9.91. The highest BCUT2D eigenvalue weighted by molar-refractivity contribution is 5.86. The fourth-order valence-electron chi connectivity index (χ4n) is 2.34. The summed E-state index contributed by atoms with van der Waals surface area (Å²) >= 11 is 0. The fourth-order valence-corrected chi connectivity index (χ4v) is 2.34. The Bertz CT molecular complexity index is 478. The van der Waals surface area contributed by atoms with E-state index in [2.05, 4.69) is 13.8 Å². The zero-order valence-corrected chi connectivity index (χ0v) is 17.8. The predicted octanol–water partition coefficient (Wildman–Crippen LogP) is 4.98. The van der Waals surface area contributed by atoms with Gasteiger partial charge < -0.3 is 15.1 Å². The summed E-state index contributed by atoms with van der Waals surface area (Å²) in [4.78, 5) is 23.1. The van der Waals surface area contributed by atoms with Crippen LogP contribution in [0.3, 0.4) is 0 Å². The van der Waals surface area contributed by atoms with E-state index in [9.17, 15) is 9.59 Å². The van der Waals surface area contributed by atoms with Gasteiger partial charge in [-0.1, -0.05) is 51.2 Å². The van der Waals surface area contributed by atoms with Crippen LogP contribution in [0.1, 0.15) is 73.1 Å². The zero-order valence-electron chi connectivity index (χ0n) is 17.8. The number of carboxylic acid groups (broad SMARTS) is 2. The third kappa shape index (κ3) is 14.7. The number of carboxylic acids is 2. The first kappa shape index (κ1) is 26.6. The van der Waals surface area contributed by atoms with Gasteiger partial charge in [-0.05, 0) is 53.6 Å². The Balaban J connectivity index is 0. The number of hydrogen-bond donors (Lipinski definition) is 2. The Morgan fingerprint density at radius 3 is 2.00 bits per heavy atom. The van der Waals surface area contributed by atoms with E-state index in [0.29, 0.717) is 17.1 Å². The maximum atomic E-state index is 10.8. The molecule has 0 saturated heterocycles. The first-order valence-corrected chi connectivity index (χ1v) is 9.51. The lowest BCUT2D eigenvalue weighted by molar-refractivity contribution is -0.133. The van der Waals surface area contributed by atoms with Crippen molar-refractivity contribution in [2.75, 3.05) is 20.6 Å². The summed E-state index contributed by atoms with van der Waals surface area (Å²) in [5.74, 6) is -0.958. The van der Waals surface area contributed by atoms with E-state index in [-0.39, 0.29) is 0 Å². The first-order chi connectivity index (χ1) is 12.1. The van der Waals surface area contributed by atoms with Crippen LogP contribution < -0.4 is 0 Å². The van der Waals surface area contributed by atoms with Gasteiger partial charge in [0.1, 0.15) is 0 Å². The molecule has 0 rings (SSSR count). The summed E-state index contributed by atoms with van der Waals surface area (Å²) in [5, 5.41) is 17.3. The molecule has 0 fully saturated rings. The molecule has 2 N–H and O–H groups in total. The number of allylic oxidation sites excluding steroid dienone is 1. The third-order valence-electron chi connectivity index (χ3n) is 4.46. The van der Waals surface area contributed by atoms with Crippen molar-refractivity contribution >= 4 is 11.9 Å². The minimum Gasteiger partial charge on any atom is -0.478 e. The van der Waals surface area contributed by atoms with Crippen LogP contribution in [0.15, 0.2) is 22.8 Å². The molecule has 0 heterocycles. The molecule has 0 spiro atoms. The number of unbranched alkanes of at least 4 members (excludes halogenated alkanes) is 1. The molecule has 0 amide bonds. The molecule has 5 heteroatoms. The van der Waals surface area contributed by atoms with Gasteiger partial charge in [-0.3, -0.25) is 0 Å². The molecule has 152 valence electrons. The van der Waals surface area contributed by atoms with Crippen molar-refractivity contribution in [2.45, 2.75) is 73.1 Å². The van der Waals surface area contributed by atoms with Crippen LogP contribution >= 0.6 is 0 Å². The van der Waals surface area contributed by atoms with Crippen LogP contribution in [0.4, 0.5) is 0 Å². The van der Waals surface area contributed by atoms with Crippen LogP contribution in [0.25, 0.3) is 0 Å². The maximum Gasteiger partial charge on any atom is 0.331 e. The number of nitrogens with zero attached hydrogens (tertiary/aromatic N) is 1. The monoisotopic (exact) mass is 369 g/mol. The highest BCUT2D eigenvalue weighted by Gasteiger charge is 2.11. The fraction of sp³-hybridized carbons (Fsp3) is 0.714. The lowest BCUT2D eigenvalue weighted by Gasteiger charge is -2.15. The Labute approximate surface area is 159 Å². The summed E-state index contributed by atoms with van der Waals surface area (Å²) in [7, 11) is 3.92. The highest BCUT2D eigenvalue weighted by atomic mass is 16.4. The molecule has 26 heavy (non-hydrogen) atoms. The molecule has 0 radical (unpaired) electrons. The van der Waals surface area contributed by atoms with E-state index in [4.69, 9.17) is 10.2 Å². The molecule has 0 aliphatic carbocycles. The molecule has 1 unspecified atom stereocenters. The van der Waals surface area contributed by atoms with Gasteiger partial charge in [-0.25, -0.2) is 9.59 Å². The maximum absolute atomic E-state index is 10.8. The second kappa shape index (κ2) is 15.6. The summed E-state index contributed by atoms with van der Waals surface area (Å²) < 4.78 is 0. The number of aliphatic carboxylic acids is 2. The summed E-state index contributed by atoms with van der Waals surface area (Å²) in [6.45, 7) is 10.5. The lowest BCUT2D eigenvalue weighted by Crippen LogP contribution is -2.12. The van der Waals surface area contributed by atoms with Crippen molar-refractivity contribution < 1.29 is 19.8 Å². The van der Waals surface area contributed by atoms with Gasteiger partial charge in [0.25, 0.3) is 0 Å². The van der Waals surface area contributed by atoms with Crippen molar-refractivity contribution in [3.05, 3.63) is 22.8 Å². The molecule has 0 aliphatic rings. The Morgan fingerprint density at radius 1 is 1.04 bits per heavy atom. The van der Waals surface area contributed by atoms with Crippen LogP contribution in [0.2, 0.25) is 0 Å². The molecular formula is C21H39NO4. The van der Waals surface area contributed by atoms with E-state index in [1.165, 1.54) is 19.3 Å². The highest BCUT2D eigenvalue weighted by Crippen LogP contribution is 2.22. The van der Waals surface area contributed by atoms with E-state index < -0.39 is 11.9 Å². The SMILES string of the molecule is CC(=CCCN(C)C)C(=O)O.CCCCC(CC)CC(C)=C(C)C(=O)O. The molecule has 0 saturated carbocycles. The van der Waals surface area contributed by atoms with Gasteiger partial charge in [0.15, 0.2) is 0 Å². The zero-order chi connectivity index (χ0) is 20.7. The molecule has 0 aromatic rings. The standard InChI is InChI=1S/C13H24O2.C8H15NO2/c1-5-7-8-12(6-2)9-10(3)11(4)13(14)15;1-7(8(10)11)5-4-6-9(2)3/h12H,5-9H2,1-4H3,(H,14,15);5H,4,6H2,1-3H3,(H,10,11). The Hall–Kier alpha value is -1.62. The van der Waals surface area contributed by atoms with Gasteiger partial charge in [0.2, 0.25) is 0 Å². The topological polar surface area (TPSA) is 77.8 Å². The average molecular weight is 370 g/mol. The van der Waals surface area contributed by atoms with Crippen molar-refractivity contribution in [2.24, 2.45) is 5.92 Å². The molecule has 1 atom stereocenters. The van der Waals surface area contributed by atoms with Gasteiger partial charge >= 0.3 is 11.9 Å². The normalized spacial score (nSPS) is 13.6. The minimum atomic E-state index is -0.830. The van der Waals surface area contributed by atoms with Crippen molar-refractivity contribution in [3.8, 4) is 0 Å². The van der Waals surface area contributed by atoms with Crippen molar-refractivity contribution in [1.29, 1.82) is 0 Å². The van der Waals surface area contributed by atoms with Crippen molar-refractivity contribution in [1.82, 2.24) is 4.90 Å². The average Bonchev–Trinajstić information content (AvgIpc) is 2.57. The number of rotatable bonds is 11. The second-order valence-corrected chi connectivity index (χ2v) is 7.12. The van der Waals surface area contributed by atoms with Crippen LogP contribution in [-0.2, 0) is 9.59 Å². The minimum absolute atomic E-state index is 0.423. The van der Waals surface area contributed by atoms with Crippen molar-refractivity contribution in [3.63, 3.8) is 0 Å². The first-order valence-electron chi connectivity index (χ1n) is 9.51. The quantitative estimate of drug-likeness (QED) is 0.502. The summed E-state index contributed by atoms with van der Waals surface area (Å²) in [6.07, 6.45) is 8.30. The second-order valence-electron chi connectivity index (χ2n) is 7.12. The number of hydrogen-bond acceptors (Lipinski definition) is 3. The van der Waals surface area contributed by atoms with E-state index >= 15 is 0 Å².